The first-order valence-corrected chi connectivity index (χ1v) is 7.59. The Balaban J connectivity index is 0.00000211. The van der Waals surface area contributed by atoms with Crippen LogP contribution in [-0.4, -0.2) is 12.9 Å². The lowest BCUT2D eigenvalue weighted by atomic mass is 10.1. The predicted molar refractivity (Wildman–Crippen MR) is 97.6 cm³/mol. The minimum Gasteiger partial charge on any atom is -0.459 e. The van der Waals surface area contributed by atoms with E-state index in [2.05, 4.69) is 16.9 Å². The molecule has 0 aromatic heterocycles. The molecule has 0 fully saturated rings. The number of nitrogens with one attached hydrogen (secondary N) is 1. The maximum Gasteiger partial charge on any atom is 0.137 e. The summed E-state index contributed by atoms with van der Waals surface area (Å²) in [6.45, 7) is 13.7. The number of hydrogen-bond donors (Lipinski definition) is 1. The van der Waals surface area contributed by atoms with Crippen LogP contribution in [0.15, 0.2) is 76.9 Å². The second-order valence-corrected chi connectivity index (χ2v) is 4.14. The van der Waals surface area contributed by atoms with E-state index in [4.69, 9.17) is 4.74 Å². The average Bonchev–Trinajstić information content (AvgIpc) is 2.68. The monoisotopic (exact) mass is 300 g/mol. The lowest BCUT2D eigenvalue weighted by Crippen LogP contribution is -2.23. The molecule has 0 bridgehead atoms. The lowest BCUT2D eigenvalue weighted by Gasteiger charge is -2.08. The van der Waals surface area contributed by atoms with E-state index in [1.165, 1.54) is 0 Å². The van der Waals surface area contributed by atoms with Crippen LogP contribution in [0.4, 0.5) is 0 Å². The minimum atomic E-state index is 0.697. The van der Waals surface area contributed by atoms with Crippen molar-refractivity contribution in [1.29, 1.82) is 0 Å². The molecule has 120 valence electrons. The van der Waals surface area contributed by atoms with E-state index < -0.39 is 0 Å². The zero-order valence-corrected chi connectivity index (χ0v) is 14.6. The van der Waals surface area contributed by atoms with E-state index in [9.17, 15) is 0 Å². The maximum absolute atomic E-state index is 5.87. The third-order valence-electron chi connectivity index (χ3n) is 2.72. The number of nitrogens with zero attached hydrogens (tertiary/aromatic N) is 1. The highest BCUT2D eigenvalue weighted by molar-refractivity contribution is 6.03. The molecule has 0 aromatic carbocycles. The summed E-state index contributed by atoms with van der Waals surface area (Å²) < 4.78 is 5.87. The van der Waals surface area contributed by atoms with Crippen LogP contribution >= 0.6 is 0 Å². The van der Waals surface area contributed by atoms with Gasteiger partial charge in [0.1, 0.15) is 17.4 Å². The highest BCUT2D eigenvalue weighted by atomic mass is 16.5. The molecule has 0 atom stereocenters. The zero-order valence-electron chi connectivity index (χ0n) is 14.6. The van der Waals surface area contributed by atoms with Crippen LogP contribution in [0.5, 0.6) is 0 Å². The second kappa shape index (κ2) is 11.4. The van der Waals surface area contributed by atoms with Crippen molar-refractivity contribution in [3.63, 3.8) is 0 Å². The molecule has 0 spiro atoms. The van der Waals surface area contributed by atoms with Gasteiger partial charge in [-0.15, -0.1) is 0 Å². The van der Waals surface area contributed by atoms with Gasteiger partial charge in [0, 0.05) is 7.05 Å². The number of allylic oxidation sites excluding steroid dienone is 7. The van der Waals surface area contributed by atoms with Crippen LogP contribution in [0, 0.1) is 0 Å². The quantitative estimate of drug-likeness (QED) is 0.738. The van der Waals surface area contributed by atoms with Crippen LogP contribution in [0.3, 0.4) is 0 Å². The summed E-state index contributed by atoms with van der Waals surface area (Å²) in [5.74, 6) is 2.24. The van der Waals surface area contributed by atoms with Crippen molar-refractivity contribution >= 4 is 5.84 Å². The highest BCUT2D eigenvalue weighted by Crippen LogP contribution is 2.21. The number of aliphatic imine (C=N–C) groups is 1. The number of amidine groups is 1. The topological polar surface area (TPSA) is 33.6 Å². The highest BCUT2D eigenvalue weighted by Gasteiger charge is 2.17. The third kappa shape index (κ3) is 5.60. The van der Waals surface area contributed by atoms with Crippen LogP contribution in [0.25, 0.3) is 0 Å². The van der Waals surface area contributed by atoms with Gasteiger partial charge < -0.3 is 10.1 Å². The van der Waals surface area contributed by atoms with Crippen LogP contribution < -0.4 is 5.32 Å². The van der Waals surface area contributed by atoms with Gasteiger partial charge >= 0.3 is 0 Å². The first-order chi connectivity index (χ1) is 10.7. The fourth-order valence-electron chi connectivity index (χ4n) is 1.75. The van der Waals surface area contributed by atoms with E-state index in [0.717, 1.165) is 22.9 Å². The zero-order chi connectivity index (χ0) is 17.0. The molecule has 1 N–H and O–H groups in total. The molecule has 1 aliphatic heterocycles. The van der Waals surface area contributed by atoms with Gasteiger partial charge in [0.25, 0.3) is 0 Å². The predicted octanol–water partition coefficient (Wildman–Crippen LogP) is 5.04. The SMILES string of the molecule is C=CC1=C(/C=C\C)C(=NC)NC(/C=C\C=C/C)=C(C)O1.CC. The number of rotatable bonds is 4. The Hall–Kier alpha value is -2.29. The van der Waals surface area contributed by atoms with E-state index in [0.29, 0.717) is 5.76 Å². The molecule has 0 saturated heterocycles. The third-order valence-corrected chi connectivity index (χ3v) is 2.72. The molecular weight excluding hydrogens is 272 g/mol. The molecule has 0 unspecified atom stereocenters. The molecule has 1 aliphatic rings. The van der Waals surface area contributed by atoms with E-state index in [-0.39, 0.29) is 0 Å². The van der Waals surface area contributed by atoms with Crippen LogP contribution in [0.2, 0.25) is 0 Å². The summed E-state index contributed by atoms with van der Waals surface area (Å²) in [5, 5.41) is 3.30. The molecule has 0 radical (unpaired) electrons. The first-order valence-electron chi connectivity index (χ1n) is 7.59. The van der Waals surface area contributed by atoms with Gasteiger partial charge in [-0.3, -0.25) is 4.99 Å². The van der Waals surface area contributed by atoms with Gasteiger partial charge in [-0.25, -0.2) is 0 Å². The lowest BCUT2D eigenvalue weighted by molar-refractivity contribution is 0.318. The molecule has 22 heavy (non-hydrogen) atoms. The van der Waals surface area contributed by atoms with Crippen molar-refractivity contribution in [2.75, 3.05) is 7.05 Å². The van der Waals surface area contributed by atoms with Gasteiger partial charge in [0.15, 0.2) is 0 Å². The van der Waals surface area contributed by atoms with Crippen molar-refractivity contribution in [3.8, 4) is 0 Å². The summed E-state index contributed by atoms with van der Waals surface area (Å²) in [5.41, 5.74) is 1.77. The maximum atomic E-state index is 5.87. The van der Waals surface area contributed by atoms with E-state index >= 15 is 0 Å². The summed E-state index contributed by atoms with van der Waals surface area (Å²) in [6.07, 6.45) is 13.5. The molecule has 3 nitrogen and oxygen atoms in total. The van der Waals surface area contributed by atoms with Crippen molar-refractivity contribution < 1.29 is 4.74 Å². The second-order valence-electron chi connectivity index (χ2n) is 4.14. The fourth-order valence-corrected chi connectivity index (χ4v) is 1.75. The Bertz CT molecular complexity index is 544. The molecule has 0 saturated carbocycles. The van der Waals surface area contributed by atoms with Crippen molar-refractivity contribution in [1.82, 2.24) is 5.32 Å². The normalized spacial score (nSPS) is 17.6. The molecule has 1 heterocycles. The largest absolute Gasteiger partial charge is 0.459 e. The van der Waals surface area contributed by atoms with Crippen LogP contribution in [0.1, 0.15) is 34.6 Å². The van der Waals surface area contributed by atoms with Crippen molar-refractivity contribution in [2.24, 2.45) is 4.99 Å². The first kappa shape index (κ1) is 19.7. The average molecular weight is 300 g/mol. The summed E-state index contributed by atoms with van der Waals surface area (Å²) >= 11 is 0. The van der Waals surface area contributed by atoms with Crippen LogP contribution in [-0.2, 0) is 4.74 Å². The van der Waals surface area contributed by atoms with E-state index in [1.54, 1.807) is 13.1 Å². The van der Waals surface area contributed by atoms with E-state index in [1.807, 2.05) is 71.1 Å². The smallest absolute Gasteiger partial charge is 0.137 e. The van der Waals surface area contributed by atoms with Gasteiger partial charge in [-0.2, -0.15) is 0 Å². The standard InChI is InChI=1S/C17H22N2O.C2H6/c1-6-9-10-12-15-13(4)20-16(8-3)14(11-7-2)17(18-5)19-15;1-2/h6-12H,3H2,1-2,4-5H3,(H,18,19);1-2H3/b9-6-,11-7-,12-10-;. The molecule has 0 aromatic rings. The van der Waals surface area contributed by atoms with Crippen molar-refractivity contribution in [3.05, 3.63) is 71.9 Å². The molecular formula is C19H28N2O. The van der Waals surface area contributed by atoms with Gasteiger partial charge in [0.05, 0.1) is 11.3 Å². The molecule has 0 amide bonds. The van der Waals surface area contributed by atoms with Gasteiger partial charge in [0.2, 0.25) is 0 Å². The Morgan fingerprint density at radius 3 is 2.27 bits per heavy atom. The summed E-state index contributed by atoms with van der Waals surface area (Å²) in [4.78, 5) is 4.30. The Kier molecular flexibility index (Phi) is 10.2. The fraction of sp³-hybridized carbons (Fsp3) is 0.316. The van der Waals surface area contributed by atoms with Gasteiger partial charge in [-0.05, 0) is 32.9 Å². The minimum absolute atomic E-state index is 0.697. The number of ether oxygens (including phenoxy) is 1. The molecule has 3 heteroatoms. The Morgan fingerprint density at radius 2 is 1.77 bits per heavy atom. The Morgan fingerprint density at radius 1 is 1.09 bits per heavy atom. The molecule has 1 rings (SSSR count). The molecule has 0 aliphatic carbocycles. The van der Waals surface area contributed by atoms with Gasteiger partial charge in [-0.1, -0.05) is 50.8 Å². The van der Waals surface area contributed by atoms with Crippen molar-refractivity contribution in [2.45, 2.75) is 34.6 Å². The number of hydrogen-bond acceptors (Lipinski definition) is 2. The summed E-state index contributed by atoms with van der Waals surface area (Å²) in [6, 6.07) is 0. The summed E-state index contributed by atoms with van der Waals surface area (Å²) in [7, 11) is 1.75. The Labute approximate surface area is 135 Å².